The Labute approximate surface area is 102 Å². The lowest BCUT2D eigenvalue weighted by Crippen LogP contribution is -2.31. The molecule has 2 nitrogen and oxygen atoms in total. The highest BCUT2D eigenvalue weighted by atomic mass is 19.1. The Balaban J connectivity index is 2.36. The Morgan fingerprint density at radius 2 is 1.94 bits per heavy atom. The minimum absolute atomic E-state index is 0.214. The van der Waals surface area contributed by atoms with Crippen LogP contribution in [-0.4, -0.2) is 5.71 Å². The van der Waals surface area contributed by atoms with E-state index in [4.69, 9.17) is 11.1 Å². The van der Waals surface area contributed by atoms with Crippen LogP contribution in [0.5, 0.6) is 0 Å². The molecule has 1 aromatic carbocycles. The van der Waals surface area contributed by atoms with Crippen molar-refractivity contribution in [2.45, 2.75) is 39.0 Å². The number of nitrogens with one attached hydrogen (secondary N) is 1. The van der Waals surface area contributed by atoms with Gasteiger partial charge in [-0.2, -0.15) is 0 Å². The van der Waals surface area contributed by atoms with E-state index in [2.05, 4.69) is 6.92 Å². The summed E-state index contributed by atoms with van der Waals surface area (Å²) in [6.45, 7) is 2.06. The van der Waals surface area contributed by atoms with Gasteiger partial charge in [-0.1, -0.05) is 32.3 Å². The molecule has 0 heterocycles. The second-order valence-corrected chi connectivity index (χ2v) is 5.20. The zero-order chi connectivity index (χ0) is 12.5. The summed E-state index contributed by atoms with van der Waals surface area (Å²) >= 11 is 0. The Hall–Kier alpha value is -1.38. The van der Waals surface area contributed by atoms with Crippen LogP contribution in [0, 0.1) is 16.6 Å². The molecule has 17 heavy (non-hydrogen) atoms. The maximum atomic E-state index is 13.8. The highest BCUT2D eigenvalue weighted by Crippen LogP contribution is 2.39. The highest BCUT2D eigenvalue weighted by molar-refractivity contribution is 6.06. The van der Waals surface area contributed by atoms with E-state index in [0.29, 0.717) is 17.0 Å². The van der Waals surface area contributed by atoms with E-state index in [1.807, 2.05) is 0 Å². The van der Waals surface area contributed by atoms with Gasteiger partial charge < -0.3 is 11.1 Å². The Morgan fingerprint density at radius 1 is 1.29 bits per heavy atom. The molecule has 1 fully saturated rings. The van der Waals surface area contributed by atoms with Crippen LogP contribution in [-0.2, 0) is 0 Å². The fourth-order valence-electron chi connectivity index (χ4n) is 2.69. The van der Waals surface area contributed by atoms with Crippen LogP contribution in [0.3, 0.4) is 0 Å². The van der Waals surface area contributed by atoms with Gasteiger partial charge in [0.25, 0.3) is 0 Å². The molecule has 0 aromatic heterocycles. The predicted molar refractivity (Wildman–Crippen MR) is 68.8 cm³/mol. The number of hydrogen-bond acceptors (Lipinski definition) is 2. The Bertz CT molecular complexity index is 414. The van der Waals surface area contributed by atoms with Crippen molar-refractivity contribution < 1.29 is 4.39 Å². The first-order chi connectivity index (χ1) is 8.04. The molecule has 1 aliphatic rings. The smallest absolute Gasteiger partial charge is 0.134 e. The molecule has 0 spiro atoms. The minimum Gasteiger partial charge on any atom is -0.398 e. The van der Waals surface area contributed by atoms with Gasteiger partial charge in [-0.3, -0.25) is 0 Å². The monoisotopic (exact) mass is 234 g/mol. The summed E-state index contributed by atoms with van der Waals surface area (Å²) in [5.41, 5.74) is 6.64. The second kappa shape index (κ2) is 4.47. The van der Waals surface area contributed by atoms with Gasteiger partial charge in [0.05, 0.1) is 5.56 Å². The van der Waals surface area contributed by atoms with Gasteiger partial charge in [-0.15, -0.1) is 0 Å². The summed E-state index contributed by atoms with van der Waals surface area (Å²) in [4.78, 5) is 0. The van der Waals surface area contributed by atoms with Crippen molar-refractivity contribution in [2.24, 2.45) is 5.41 Å². The maximum Gasteiger partial charge on any atom is 0.134 e. The molecule has 1 saturated carbocycles. The zero-order valence-electron chi connectivity index (χ0n) is 10.2. The van der Waals surface area contributed by atoms with Gasteiger partial charge in [0.2, 0.25) is 0 Å². The van der Waals surface area contributed by atoms with Crippen molar-refractivity contribution in [3.05, 3.63) is 29.6 Å². The van der Waals surface area contributed by atoms with Crippen LogP contribution in [0.1, 0.15) is 44.6 Å². The zero-order valence-corrected chi connectivity index (χ0v) is 10.2. The van der Waals surface area contributed by atoms with Crippen LogP contribution in [0.15, 0.2) is 18.2 Å². The molecule has 2 rings (SSSR count). The Morgan fingerprint density at radius 3 is 2.53 bits per heavy atom. The van der Waals surface area contributed by atoms with Crippen LogP contribution >= 0.6 is 0 Å². The van der Waals surface area contributed by atoms with E-state index < -0.39 is 0 Å². The van der Waals surface area contributed by atoms with Gasteiger partial charge in [-0.05, 0) is 25.0 Å². The molecule has 92 valence electrons. The molecule has 0 amide bonds. The van der Waals surface area contributed by atoms with E-state index in [1.54, 1.807) is 12.1 Å². The largest absolute Gasteiger partial charge is 0.398 e. The van der Waals surface area contributed by atoms with Crippen molar-refractivity contribution in [3.63, 3.8) is 0 Å². The first-order valence-electron chi connectivity index (χ1n) is 6.18. The van der Waals surface area contributed by atoms with Crippen molar-refractivity contribution in [2.75, 3.05) is 5.73 Å². The SMILES string of the molecule is CC1(C(=N)c2c(N)cccc2F)CCCCC1. The van der Waals surface area contributed by atoms with E-state index in [9.17, 15) is 4.39 Å². The van der Waals surface area contributed by atoms with Crippen LogP contribution in [0.25, 0.3) is 0 Å². The lowest BCUT2D eigenvalue weighted by molar-refractivity contribution is 0.311. The number of rotatable bonds is 2. The number of nitrogen functional groups attached to an aromatic ring is 1. The third-order valence-electron chi connectivity index (χ3n) is 3.86. The minimum atomic E-state index is -0.373. The molecule has 0 unspecified atom stereocenters. The predicted octanol–water partition coefficient (Wildman–Crippen LogP) is 3.75. The first-order valence-corrected chi connectivity index (χ1v) is 6.18. The van der Waals surface area contributed by atoms with E-state index >= 15 is 0 Å². The molecule has 0 aliphatic heterocycles. The lowest BCUT2D eigenvalue weighted by atomic mass is 9.70. The van der Waals surface area contributed by atoms with E-state index in [-0.39, 0.29) is 11.2 Å². The summed E-state index contributed by atoms with van der Waals surface area (Å²) in [6, 6.07) is 4.64. The normalized spacial score (nSPS) is 18.9. The fraction of sp³-hybridized carbons (Fsp3) is 0.500. The van der Waals surface area contributed by atoms with Crippen molar-refractivity contribution in [3.8, 4) is 0 Å². The molecule has 0 atom stereocenters. The number of benzene rings is 1. The molecule has 0 radical (unpaired) electrons. The number of nitrogens with two attached hydrogens (primary N) is 1. The highest BCUT2D eigenvalue weighted by Gasteiger charge is 2.34. The van der Waals surface area contributed by atoms with Crippen molar-refractivity contribution in [1.29, 1.82) is 5.41 Å². The van der Waals surface area contributed by atoms with E-state index in [1.165, 1.54) is 12.5 Å². The molecule has 3 heteroatoms. The molecular formula is C14H19FN2. The molecule has 0 bridgehead atoms. The maximum absolute atomic E-state index is 13.8. The third-order valence-corrected chi connectivity index (χ3v) is 3.86. The molecule has 1 aromatic rings. The molecule has 0 saturated heterocycles. The van der Waals surface area contributed by atoms with Crippen LogP contribution < -0.4 is 5.73 Å². The quantitative estimate of drug-likeness (QED) is 0.594. The third kappa shape index (κ3) is 2.19. The average Bonchev–Trinajstić information content (AvgIpc) is 2.29. The molecule has 1 aliphatic carbocycles. The summed E-state index contributed by atoms with van der Waals surface area (Å²) in [6.07, 6.45) is 5.37. The Kier molecular flexibility index (Phi) is 3.18. The lowest BCUT2D eigenvalue weighted by Gasteiger charge is -2.34. The summed E-state index contributed by atoms with van der Waals surface area (Å²) in [7, 11) is 0. The van der Waals surface area contributed by atoms with Crippen LogP contribution in [0.4, 0.5) is 10.1 Å². The van der Waals surface area contributed by atoms with Crippen molar-refractivity contribution in [1.82, 2.24) is 0 Å². The first kappa shape index (κ1) is 12.1. The number of anilines is 1. The molecule has 3 N–H and O–H groups in total. The number of halogens is 1. The van der Waals surface area contributed by atoms with Crippen molar-refractivity contribution >= 4 is 11.4 Å². The van der Waals surface area contributed by atoms with Gasteiger partial charge >= 0.3 is 0 Å². The standard InChI is InChI=1S/C14H19FN2/c1-14(8-3-2-4-9-14)13(17)12-10(15)6-5-7-11(12)16/h5-7,17H,2-4,8-9,16H2,1H3. The van der Waals surface area contributed by atoms with Gasteiger partial charge in [0, 0.05) is 16.8 Å². The topological polar surface area (TPSA) is 49.9 Å². The van der Waals surface area contributed by atoms with Gasteiger partial charge in [-0.25, -0.2) is 4.39 Å². The molecular weight excluding hydrogens is 215 g/mol. The average molecular weight is 234 g/mol. The summed E-state index contributed by atoms with van der Waals surface area (Å²) in [5, 5.41) is 8.28. The summed E-state index contributed by atoms with van der Waals surface area (Å²) in [5.74, 6) is -0.373. The van der Waals surface area contributed by atoms with Crippen LogP contribution in [0.2, 0.25) is 0 Å². The fourth-order valence-corrected chi connectivity index (χ4v) is 2.69. The number of hydrogen-bond donors (Lipinski definition) is 2. The summed E-state index contributed by atoms with van der Waals surface area (Å²) < 4.78 is 13.8. The van der Waals surface area contributed by atoms with E-state index in [0.717, 1.165) is 25.7 Å². The van der Waals surface area contributed by atoms with Gasteiger partial charge in [0.1, 0.15) is 5.82 Å². The van der Waals surface area contributed by atoms with Gasteiger partial charge in [0.15, 0.2) is 0 Å². The second-order valence-electron chi connectivity index (χ2n) is 5.20.